The minimum Gasteiger partial charge on any atom is -0.456 e. The highest BCUT2D eigenvalue weighted by molar-refractivity contribution is 6.06. The van der Waals surface area contributed by atoms with Crippen molar-refractivity contribution in [1.29, 1.82) is 10.5 Å². The first-order valence-electron chi connectivity index (χ1n) is 18.5. The zero-order valence-corrected chi connectivity index (χ0v) is 30.1. The van der Waals surface area contributed by atoms with E-state index >= 15 is 0 Å². The highest BCUT2D eigenvalue weighted by atomic mass is 16.3. The molecule has 0 aliphatic rings. The highest BCUT2D eigenvalue weighted by Crippen LogP contribution is 2.39. The van der Waals surface area contributed by atoms with Gasteiger partial charge in [-0.25, -0.2) is 0 Å². The van der Waals surface area contributed by atoms with Gasteiger partial charge < -0.3 is 9.32 Å². The number of rotatable bonds is 6. The van der Waals surface area contributed by atoms with Crippen LogP contribution in [0.5, 0.6) is 0 Å². The van der Waals surface area contributed by atoms with Crippen molar-refractivity contribution in [2.45, 2.75) is 0 Å². The van der Waals surface area contributed by atoms with Crippen molar-refractivity contribution in [2.24, 2.45) is 0 Å². The van der Waals surface area contributed by atoms with E-state index in [0.29, 0.717) is 11.1 Å². The predicted molar refractivity (Wildman–Crippen MR) is 229 cm³/mol. The second-order valence-electron chi connectivity index (χ2n) is 14.1. The van der Waals surface area contributed by atoms with Gasteiger partial charge in [0, 0.05) is 27.8 Å². The quantitative estimate of drug-likeness (QED) is 0.172. The lowest BCUT2D eigenvalue weighted by Gasteiger charge is -2.26. The molecule has 4 heteroatoms. The van der Waals surface area contributed by atoms with Gasteiger partial charge in [0.05, 0.1) is 23.3 Å². The number of benzene rings is 9. The summed E-state index contributed by atoms with van der Waals surface area (Å²) in [6.07, 6.45) is 0. The summed E-state index contributed by atoms with van der Waals surface area (Å²) in [7, 11) is 0. The zero-order chi connectivity index (χ0) is 37.6. The molecule has 0 spiro atoms. The Morgan fingerprint density at radius 2 is 0.732 bits per heavy atom. The van der Waals surface area contributed by atoms with Gasteiger partial charge in [-0.3, -0.25) is 0 Å². The average molecular weight is 714 g/mol. The SMILES string of the molecule is N#Cc1ccc2cc(-c3ccc(N(c4ccc(-c5ccc6cc(C#N)ccc6c5)cc4)c4ccc(-c5ccc6oc7ccccc7c6c5)cc4)cc3)ccc2c1. The first-order chi connectivity index (χ1) is 27.6. The predicted octanol–water partition coefficient (Wildman–Crippen LogP) is 14.1. The molecule has 1 heterocycles. The van der Waals surface area contributed by atoms with Gasteiger partial charge in [-0.15, -0.1) is 0 Å². The van der Waals surface area contributed by atoms with E-state index in [1.54, 1.807) is 0 Å². The number of para-hydroxylation sites is 1. The lowest BCUT2D eigenvalue weighted by atomic mass is 9.99. The van der Waals surface area contributed by atoms with Crippen LogP contribution in [0.1, 0.15) is 11.1 Å². The molecule has 56 heavy (non-hydrogen) atoms. The fraction of sp³-hybridized carbons (Fsp3) is 0. The Kier molecular flexibility index (Phi) is 7.88. The average Bonchev–Trinajstić information content (AvgIpc) is 3.64. The fourth-order valence-corrected chi connectivity index (χ4v) is 7.75. The van der Waals surface area contributed by atoms with Gasteiger partial charge >= 0.3 is 0 Å². The molecule has 0 amide bonds. The number of hydrogen-bond acceptors (Lipinski definition) is 4. The van der Waals surface area contributed by atoms with Gasteiger partial charge in [0.25, 0.3) is 0 Å². The Hall–Kier alpha value is -7.92. The number of nitriles is 2. The van der Waals surface area contributed by atoms with Crippen molar-refractivity contribution < 1.29 is 4.42 Å². The number of furan rings is 1. The molecule has 4 nitrogen and oxygen atoms in total. The van der Waals surface area contributed by atoms with Crippen LogP contribution in [0.2, 0.25) is 0 Å². The molecule has 0 saturated heterocycles. The maximum absolute atomic E-state index is 9.34. The molecular weight excluding hydrogens is 683 g/mol. The topological polar surface area (TPSA) is 64.0 Å². The van der Waals surface area contributed by atoms with Crippen LogP contribution >= 0.6 is 0 Å². The van der Waals surface area contributed by atoms with Crippen LogP contribution in [0.3, 0.4) is 0 Å². The van der Waals surface area contributed by atoms with Gasteiger partial charge in [0.15, 0.2) is 0 Å². The third-order valence-electron chi connectivity index (χ3n) is 10.7. The lowest BCUT2D eigenvalue weighted by molar-refractivity contribution is 0.669. The maximum Gasteiger partial charge on any atom is 0.135 e. The van der Waals surface area contributed by atoms with Gasteiger partial charge in [-0.05, 0) is 146 Å². The smallest absolute Gasteiger partial charge is 0.135 e. The van der Waals surface area contributed by atoms with Gasteiger partial charge in [-0.1, -0.05) is 97.1 Å². The molecule has 0 N–H and O–H groups in total. The molecule has 0 radical (unpaired) electrons. The molecule has 10 aromatic rings. The second kappa shape index (κ2) is 13.5. The first-order valence-corrected chi connectivity index (χ1v) is 18.5. The minimum absolute atomic E-state index is 0.663. The van der Waals surface area contributed by atoms with Crippen LogP contribution in [-0.4, -0.2) is 0 Å². The standard InChI is InChI=1S/C52H31N3O/c53-32-34-5-7-43-29-41(11-9-39(43)27-34)36-13-20-46(21-14-36)55(47-22-15-37(16-23-47)42-12-10-40-28-35(33-54)6-8-44(40)30-42)48-24-17-38(18-25-48)45-19-26-52-50(31-45)49-3-1-2-4-51(49)56-52/h1-31H. The molecule has 0 bridgehead atoms. The number of fused-ring (bicyclic) bond motifs is 5. The van der Waals surface area contributed by atoms with Crippen molar-refractivity contribution in [1.82, 2.24) is 0 Å². The second-order valence-corrected chi connectivity index (χ2v) is 14.1. The van der Waals surface area contributed by atoms with E-state index in [-0.39, 0.29) is 0 Å². The molecule has 0 aliphatic heterocycles. The van der Waals surface area contributed by atoms with Crippen LogP contribution in [0.15, 0.2) is 192 Å². The van der Waals surface area contributed by atoms with E-state index in [1.165, 1.54) is 0 Å². The monoisotopic (exact) mass is 713 g/mol. The zero-order valence-electron chi connectivity index (χ0n) is 30.1. The number of anilines is 3. The molecule has 9 aromatic carbocycles. The van der Waals surface area contributed by atoms with Gasteiger partial charge in [0.1, 0.15) is 11.2 Å². The van der Waals surface area contributed by atoms with Crippen LogP contribution in [-0.2, 0) is 0 Å². The largest absolute Gasteiger partial charge is 0.456 e. The Bertz CT molecular complexity index is 3060. The van der Waals surface area contributed by atoms with Crippen LogP contribution in [0.25, 0.3) is 76.9 Å². The van der Waals surface area contributed by atoms with E-state index < -0.39 is 0 Å². The molecule has 0 fully saturated rings. The summed E-state index contributed by atoms with van der Waals surface area (Å²) in [6.45, 7) is 0. The highest BCUT2D eigenvalue weighted by Gasteiger charge is 2.15. The third kappa shape index (κ3) is 5.89. The van der Waals surface area contributed by atoms with E-state index in [9.17, 15) is 10.5 Å². The minimum atomic E-state index is 0.663. The van der Waals surface area contributed by atoms with Crippen molar-refractivity contribution in [3.05, 3.63) is 199 Å². The molecule has 1 aromatic heterocycles. The fourth-order valence-electron chi connectivity index (χ4n) is 7.75. The van der Waals surface area contributed by atoms with E-state index in [0.717, 1.165) is 93.9 Å². The first kappa shape index (κ1) is 32.7. The Morgan fingerprint density at radius 1 is 0.339 bits per heavy atom. The summed E-state index contributed by atoms with van der Waals surface area (Å²) in [5.41, 5.74) is 13.0. The van der Waals surface area contributed by atoms with Crippen molar-refractivity contribution in [3.63, 3.8) is 0 Å². The van der Waals surface area contributed by atoms with Crippen LogP contribution < -0.4 is 4.90 Å². The molecule has 0 saturated carbocycles. The normalized spacial score (nSPS) is 11.2. The molecular formula is C52H31N3O. The Morgan fingerprint density at radius 3 is 1.23 bits per heavy atom. The van der Waals surface area contributed by atoms with Crippen molar-refractivity contribution in [2.75, 3.05) is 4.90 Å². The van der Waals surface area contributed by atoms with Crippen LogP contribution in [0, 0.1) is 22.7 Å². The summed E-state index contributed by atoms with van der Waals surface area (Å²) >= 11 is 0. The molecule has 10 rings (SSSR count). The van der Waals surface area contributed by atoms with E-state index in [1.807, 2.05) is 54.6 Å². The molecule has 0 unspecified atom stereocenters. The summed E-state index contributed by atoms with van der Waals surface area (Å²) in [6, 6.07) is 69.6. The van der Waals surface area contributed by atoms with Gasteiger partial charge in [0.2, 0.25) is 0 Å². The number of nitrogens with zero attached hydrogens (tertiary/aromatic N) is 3. The van der Waals surface area contributed by atoms with Crippen LogP contribution in [0.4, 0.5) is 17.1 Å². The maximum atomic E-state index is 9.34. The third-order valence-corrected chi connectivity index (χ3v) is 10.7. The molecule has 260 valence electrons. The Labute approximate surface area is 324 Å². The van der Waals surface area contributed by atoms with Gasteiger partial charge in [-0.2, -0.15) is 10.5 Å². The molecule has 0 atom stereocenters. The summed E-state index contributed by atoms with van der Waals surface area (Å²) in [5.74, 6) is 0. The number of hydrogen-bond donors (Lipinski definition) is 0. The van der Waals surface area contributed by atoms with E-state index in [2.05, 4.69) is 150 Å². The summed E-state index contributed by atoms with van der Waals surface area (Å²) < 4.78 is 6.09. The molecule has 0 aliphatic carbocycles. The summed E-state index contributed by atoms with van der Waals surface area (Å²) in [4.78, 5) is 2.29. The Balaban J connectivity index is 1.01. The summed E-state index contributed by atoms with van der Waals surface area (Å²) in [5, 5.41) is 25.2. The lowest BCUT2D eigenvalue weighted by Crippen LogP contribution is -2.09. The van der Waals surface area contributed by atoms with E-state index in [4.69, 9.17) is 4.42 Å². The van der Waals surface area contributed by atoms with Crippen molar-refractivity contribution >= 4 is 60.5 Å². The van der Waals surface area contributed by atoms with Crippen molar-refractivity contribution in [3.8, 4) is 45.5 Å².